The van der Waals surface area contributed by atoms with Crippen molar-refractivity contribution in [3.05, 3.63) is 58.2 Å². The molecule has 1 atom stereocenters. The molecule has 1 aromatic carbocycles. The van der Waals surface area contributed by atoms with Gasteiger partial charge in [-0.1, -0.05) is 28.1 Å². The lowest BCUT2D eigenvalue weighted by Crippen LogP contribution is -2.23. The Labute approximate surface area is 120 Å². The molecule has 0 spiro atoms. The van der Waals surface area contributed by atoms with Gasteiger partial charge < -0.3 is 5.32 Å². The molecule has 0 radical (unpaired) electrons. The van der Waals surface area contributed by atoms with E-state index < -0.39 is 0 Å². The van der Waals surface area contributed by atoms with Crippen molar-refractivity contribution in [2.24, 2.45) is 5.92 Å². The van der Waals surface area contributed by atoms with E-state index in [1.54, 1.807) is 12.3 Å². The predicted octanol–water partition coefficient (Wildman–Crippen LogP) is 3.20. The molecule has 0 fully saturated rings. The summed E-state index contributed by atoms with van der Waals surface area (Å²) in [6.45, 7) is 0. The van der Waals surface area contributed by atoms with Gasteiger partial charge in [0.1, 0.15) is 5.82 Å². The number of fused-ring (bicyclic) bond motifs is 1. The first-order valence-electron chi connectivity index (χ1n) is 6.21. The van der Waals surface area contributed by atoms with Crippen LogP contribution in [0.4, 0.5) is 5.82 Å². The molecule has 1 aromatic heterocycles. The monoisotopic (exact) mass is 316 g/mol. The minimum absolute atomic E-state index is 0.00584. The van der Waals surface area contributed by atoms with Gasteiger partial charge in [0, 0.05) is 16.6 Å². The van der Waals surface area contributed by atoms with Gasteiger partial charge in [0.2, 0.25) is 5.91 Å². The first-order chi connectivity index (χ1) is 9.22. The van der Waals surface area contributed by atoms with E-state index >= 15 is 0 Å². The average molecular weight is 317 g/mol. The first kappa shape index (κ1) is 12.4. The van der Waals surface area contributed by atoms with Crippen LogP contribution in [0.2, 0.25) is 0 Å². The molecular formula is C15H13BrN2O. The topological polar surface area (TPSA) is 42.0 Å². The number of benzene rings is 1. The van der Waals surface area contributed by atoms with Crippen LogP contribution in [0.15, 0.2) is 47.1 Å². The van der Waals surface area contributed by atoms with Gasteiger partial charge in [-0.2, -0.15) is 0 Å². The van der Waals surface area contributed by atoms with E-state index in [0.29, 0.717) is 5.82 Å². The lowest BCUT2D eigenvalue weighted by Gasteiger charge is -2.09. The smallest absolute Gasteiger partial charge is 0.229 e. The summed E-state index contributed by atoms with van der Waals surface area (Å²) in [7, 11) is 0. The van der Waals surface area contributed by atoms with Gasteiger partial charge in [0.05, 0.1) is 0 Å². The molecular weight excluding hydrogens is 304 g/mol. The van der Waals surface area contributed by atoms with Crippen molar-refractivity contribution in [3.8, 4) is 0 Å². The minimum atomic E-state index is 0.00584. The second kappa shape index (κ2) is 5.13. The van der Waals surface area contributed by atoms with Crippen molar-refractivity contribution in [1.82, 2.24) is 4.98 Å². The molecule has 3 rings (SSSR count). The third-order valence-electron chi connectivity index (χ3n) is 3.39. The highest BCUT2D eigenvalue weighted by atomic mass is 79.9. The van der Waals surface area contributed by atoms with Crippen molar-refractivity contribution >= 4 is 27.7 Å². The summed E-state index contributed by atoms with van der Waals surface area (Å²) < 4.78 is 1.07. The van der Waals surface area contributed by atoms with Crippen LogP contribution in [0.25, 0.3) is 0 Å². The number of carbonyl (C=O) groups excluding carboxylic acids is 1. The lowest BCUT2D eigenvalue weighted by atomic mass is 10.1. The van der Waals surface area contributed by atoms with Crippen LogP contribution >= 0.6 is 15.9 Å². The van der Waals surface area contributed by atoms with E-state index in [-0.39, 0.29) is 11.8 Å². The zero-order valence-electron chi connectivity index (χ0n) is 10.3. The third-order valence-corrected chi connectivity index (χ3v) is 3.88. The maximum atomic E-state index is 12.2. The molecule has 19 heavy (non-hydrogen) atoms. The van der Waals surface area contributed by atoms with Crippen LogP contribution in [0, 0.1) is 5.92 Å². The quantitative estimate of drug-likeness (QED) is 0.924. The standard InChI is InChI=1S/C15H13BrN2O/c16-13-5-4-10-7-12(8-11(10)9-13)15(19)18-14-3-1-2-6-17-14/h1-6,9,12H,7-8H2,(H,17,18,19). The first-order valence-corrected chi connectivity index (χ1v) is 7.01. The van der Waals surface area contributed by atoms with E-state index in [1.807, 2.05) is 18.2 Å². The molecule has 1 heterocycles. The predicted molar refractivity (Wildman–Crippen MR) is 77.9 cm³/mol. The van der Waals surface area contributed by atoms with Gasteiger partial charge in [-0.25, -0.2) is 4.98 Å². The number of hydrogen-bond acceptors (Lipinski definition) is 2. The molecule has 96 valence electrons. The molecule has 1 amide bonds. The summed E-state index contributed by atoms with van der Waals surface area (Å²) in [5.74, 6) is 0.668. The fourth-order valence-corrected chi connectivity index (χ4v) is 2.85. The fourth-order valence-electron chi connectivity index (χ4n) is 2.44. The number of nitrogens with zero attached hydrogens (tertiary/aromatic N) is 1. The number of nitrogens with one attached hydrogen (secondary N) is 1. The van der Waals surface area contributed by atoms with E-state index in [1.165, 1.54) is 11.1 Å². The molecule has 1 unspecified atom stereocenters. The number of rotatable bonds is 2. The highest BCUT2D eigenvalue weighted by Crippen LogP contribution is 2.29. The molecule has 0 aliphatic heterocycles. The molecule has 0 bridgehead atoms. The SMILES string of the molecule is O=C(Nc1ccccn1)C1Cc2ccc(Br)cc2C1. The Morgan fingerprint density at radius 1 is 1.21 bits per heavy atom. The second-order valence-corrected chi connectivity index (χ2v) is 5.64. The molecule has 0 saturated heterocycles. The number of halogens is 1. The molecule has 1 N–H and O–H groups in total. The van der Waals surface area contributed by atoms with Crippen molar-refractivity contribution < 1.29 is 4.79 Å². The fraction of sp³-hybridized carbons (Fsp3) is 0.200. The number of anilines is 1. The Morgan fingerprint density at radius 3 is 2.84 bits per heavy atom. The Hall–Kier alpha value is -1.68. The molecule has 2 aromatic rings. The summed E-state index contributed by atoms with van der Waals surface area (Å²) in [4.78, 5) is 16.3. The zero-order chi connectivity index (χ0) is 13.2. The highest BCUT2D eigenvalue weighted by Gasteiger charge is 2.27. The molecule has 0 saturated carbocycles. The Morgan fingerprint density at radius 2 is 2.05 bits per heavy atom. The van der Waals surface area contributed by atoms with Crippen molar-refractivity contribution in [1.29, 1.82) is 0 Å². The minimum Gasteiger partial charge on any atom is -0.310 e. The molecule has 1 aliphatic rings. The summed E-state index contributed by atoms with van der Waals surface area (Å²) in [6, 6.07) is 11.7. The summed E-state index contributed by atoms with van der Waals surface area (Å²) in [5.41, 5.74) is 2.53. The van der Waals surface area contributed by atoms with Crippen molar-refractivity contribution in [3.63, 3.8) is 0 Å². The number of aromatic nitrogens is 1. The van der Waals surface area contributed by atoms with E-state index in [0.717, 1.165) is 17.3 Å². The second-order valence-electron chi connectivity index (χ2n) is 4.72. The Bertz CT molecular complexity index is 613. The summed E-state index contributed by atoms with van der Waals surface area (Å²) >= 11 is 3.47. The summed E-state index contributed by atoms with van der Waals surface area (Å²) in [6.07, 6.45) is 3.28. The molecule has 3 nitrogen and oxygen atoms in total. The van der Waals surface area contributed by atoms with E-state index in [9.17, 15) is 4.79 Å². The Balaban J connectivity index is 1.71. The van der Waals surface area contributed by atoms with Crippen LogP contribution in [0.5, 0.6) is 0 Å². The van der Waals surface area contributed by atoms with Crippen LogP contribution in [-0.2, 0) is 17.6 Å². The summed E-state index contributed by atoms with van der Waals surface area (Å²) in [5, 5.41) is 2.87. The van der Waals surface area contributed by atoms with Crippen molar-refractivity contribution in [2.45, 2.75) is 12.8 Å². The zero-order valence-corrected chi connectivity index (χ0v) is 11.9. The van der Waals surface area contributed by atoms with Gasteiger partial charge >= 0.3 is 0 Å². The van der Waals surface area contributed by atoms with Crippen LogP contribution < -0.4 is 5.32 Å². The number of hydrogen-bond donors (Lipinski definition) is 1. The van der Waals surface area contributed by atoms with Crippen LogP contribution in [0.3, 0.4) is 0 Å². The highest BCUT2D eigenvalue weighted by molar-refractivity contribution is 9.10. The average Bonchev–Trinajstić information content (AvgIpc) is 2.83. The number of pyridine rings is 1. The van der Waals surface area contributed by atoms with E-state index in [4.69, 9.17) is 0 Å². The van der Waals surface area contributed by atoms with Gasteiger partial charge in [0.15, 0.2) is 0 Å². The molecule has 1 aliphatic carbocycles. The molecule has 4 heteroatoms. The van der Waals surface area contributed by atoms with Crippen LogP contribution in [-0.4, -0.2) is 10.9 Å². The lowest BCUT2D eigenvalue weighted by molar-refractivity contribution is -0.119. The maximum absolute atomic E-state index is 12.2. The number of amides is 1. The maximum Gasteiger partial charge on any atom is 0.229 e. The largest absolute Gasteiger partial charge is 0.310 e. The van der Waals surface area contributed by atoms with Gasteiger partial charge in [-0.05, 0) is 48.2 Å². The van der Waals surface area contributed by atoms with Gasteiger partial charge in [-0.3, -0.25) is 4.79 Å². The Kier molecular flexibility index (Phi) is 3.34. The third kappa shape index (κ3) is 2.68. The van der Waals surface area contributed by atoms with Gasteiger partial charge in [0.25, 0.3) is 0 Å². The van der Waals surface area contributed by atoms with Crippen LogP contribution in [0.1, 0.15) is 11.1 Å². The van der Waals surface area contributed by atoms with E-state index in [2.05, 4.69) is 38.4 Å². The number of carbonyl (C=O) groups is 1. The van der Waals surface area contributed by atoms with Gasteiger partial charge in [-0.15, -0.1) is 0 Å². The van der Waals surface area contributed by atoms with Crippen molar-refractivity contribution in [2.75, 3.05) is 5.32 Å². The normalized spacial score (nSPS) is 17.0.